The fourth-order valence-electron chi connectivity index (χ4n) is 9.25. The van der Waals surface area contributed by atoms with E-state index in [9.17, 15) is 20.4 Å². The van der Waals surface area contributed by atoms with Gasteiger partial charge in [-0.3, -0.25) is 0 Å². The summed E-state index contributed by atoms with van der Waals surface area (Å²) in [6.07, 6.45) is -2.20. The molecular weight excluding hydrogens is 604 g/mol. The van der Waals surface area contributed by atoms with Crippen molar-refractivity contribution in [2.75, 3.05) is 72.6 Å². The summed E-state index contributed by atoms with van der Waals surface area (Å²) in [5, 5.41) is 53.9. The Morgan fingerprint density at radius 2 is 1.00 bits per heavy atom. The van der Waals surface area contributed by atoms with E-state index in [1.54, 1.807) is 18.2 Å². The van der Waals surface area contributed by atoms with E-state index in [-0.39, 0.29) is 11.5 Å². The molecule has 0 amide bonds. The first-order valence-electron chi connectivity index (χ1n) is 16.2. The molecule has 2 unspecified atom stereocenters. The molecule has 6 aromatic carbocycles. The molecule has 6 aromatic rings. The van der Waals surface area contributed by atoms with Crippen LogP contribution in [0.4, 0.5) is 34.1 Å². The van der Waals surface area contributed by atoms with Gasteiger partial charge in [-0.15, -0.1) is 0 Å². The maximum atomic E-state index is 12.4. The quantitative estimate of drug-likeness (QED) is 0.111. The summed E-state index contributed by atoms with van der Waals surface area (Å²) in [5.41, 5.74) is 19.7. The molecule has 244 valence electrons. The summed E-state index contributed by atoms with van der Waals surface area (Å²) < 4.78 is 0. The highest BCUT2D eigenvalue weighted by Gasteiger charge is 2.54. The van der Waals surface area contributed by atoms with Crippen LogP contribution in [-0.2, 0) is 0 Å². The lowest BCUT2D eigenvalue weighted by Crippen LogP contribution is -2.52. The van der Waals surface area contributed by atoms with Gasteiger partial charge in [0.15, 0.2) is 0 Å². The average Bonchev–Trinajstić information content (AvgIpc) is 3.04. The number of aromatic hydroxyl groups is 2. The number of nitrogens with zero attached hydrogens (tertiary/aromatic N) is 4. The minimum atomic E-state index is -1.10. The zero-order chi connectivity index (χ0) is 33.5. The normalized spacial score (nSPS) is 22.0. The van der Waals surface area contributed by atoms with Gasteiger partial charge in [0.05, 0.1) is 36.9 Å². The monoisotopic (exact) mass is 642 g/mol. The Hall–Kier alpha value is -5.32. The smallest absolute Gasteiger partial charge is 0.123 e. The van der Waals surface area contributed by atoms with Gasteiger partial charge in [0.1, 0.15) is 11.5 Å². The Morgan fingerprint density at radius 3 is 1.62 bits per heavy atom. The van der Waals surface area contributed by atoms with Crippen LogP contribution >= 0.6 is 0 Å². The third-order valence-corrected chi connectivity index (χ3v) is 11.2. The molecule has 1 saturated carbocycles. The Balaban J connectivity index is 1.35. The van der Waals surface area contributed by atoms with Gasteiger partial charge in [-0.1, -0.05) is 24.3 Å². The van der Waals surface area contributed by atoms with Gasteiger partial charge in [0.2, 0.25) is 0 Å². The number of benzene rings is 6. The van der Waals surface area contributed by atoms with Crippen molar-refractivity contribution in [3.63, 3.8) is 0 Å². The molecule has 10 heteroatoms. The molecule has 48 heavy (non-hydrogen) atoms. The lowest BCUT2D eigenvalue weighted by molar-refractivity contribution is -0.0765. The van der Waals surface area contributed by atoms with Crippen LogP contribution in [0.1, 0.15) is 23.0 Å². The number of phenolic OH excluding ortho intramolecular Hbond substituents is 2. The van der Waals surface area contributed by atoms with E-state index in [1.807, 2.05) is 70.7 Å². The topological polar surface area (TPSA) is 146 Å². The number of hydrogen-bond donors (Lipinski definition) is 6. The van der Waals surface area contributed by atoms with Crippen LogP contribution in [0, 0.1) is 0 Å². The van der Waals surface area contributed by atoms with Crippen molar-refractivity contribution in [2.24, 2.45) is 0 Å². The van der Waals surface area contributed by atoms with Crippen molar-refractivity contribution in [3.8, 4) is 11.5 Å². The molecule has 2 atom stereocenters. The standard InChI is InChI=1S/C38H38N6O4/c1-41-15-43(3)35-17-7-5-9-19(39)25(17)31(27-20(40)11-12-21(41)28(27)35)33-37(47)34(38(33)48)32-26-18(8-6-10-23(26)45)36-29-22(42(2)16-44(36)4)13-14-24(46)30(29)32/h5-14,33-34,37-38,45-48H,15-16,39-40H2,1-4H3. The van der Waals surface area contributed by atoms with Gasteiger partial charge >= 0.3 is 0 Å². The number of nitrogens with two attached hydrogens (primary N) is 2. The summed E-state index contributed by atoms with van der Waals surface area (Å²) in [6, 6.07) is 18.6. The Bertz CT molecular complexity index is 2220. The first-order chi connectivity index (χ1) is 23.0. The second kappa shape index (κ2) is 9.62. The summed E-state index contributed by atoms with van der Waals surface area (Å²) in [7, 11) is 8.05. The van der Waals surface area contributed by atoms with Crippen molar-refractivity contribution in [1.29, 1.82) is 0 Å². The maximum Gasteiger partial charge on any atom is 0.123 e. The van der Waals surface area contributed by atoms with E-state index in [1.165, 1.54) is 0 Å². The Labute approximate surface area is 277 Å². The number of phenols is 2. The van der Waals surface area contributed by atoms with E-state index in [0.29, 0.717) is 46.6 Å². The first kappa shape index (κ1) is 28.9. The van der Waals surface area contributed by atoms with Crippen LogP contribution in [0.25, 0.3) is 43.1 Å². The summed E-state index contributed by atoms with van der Waals surface area (Å²) in [4.78, 5) is 8.54. The average molecular weight is 643 g/mol. The molecule has 1 fully saturated rings. The van der Waals surface area contributed by atoms with Crippen LogP contribution in [0.15, 0.2) is 60.7 Å². The third kappa shape index (κ3) is 3.43. The lowest BCUT2D eigenvalue weighted by atomic mass is 9.60. The van der Waals surface area contributed by atoms with Crippen LogP contribution in [0.2, 0.25) is 0 Å². The van der Waals surface area contributed by atoms with Crippen molar-refractivity contribution < 1.29 is 20.4 Å². The van der Waals surface area contributed by atoms with Crippen molar-refractivity contribution in [1.82, 2.24) is 0 Å². The predicted molar refractivity (Wildman–Crippen MR) is 196 cm³/mol. The largest absolute Gasteiger partial charge is 0.507 e. The first-order valence-corrected chi connectivity index (χ1v) is 16.2. The van der Waals surface area contributed by atoms with Gasteiger partial charge < -0.3 is 51.5 Å². The molecule has 2 heterocycles. The third-order valence-electron chi connectivity index (χ3n) is 11.2. The van der Waals surface area contributed by atoms with Crippen LogP contribution in [0.3, 0.4) is 0 Å². The van der Waals surface area contributed by atoms with Crippen LogP contribution in [0.5, 0.6) is 11.5 Å². The second-order valence-corrected chi connectivity index (χ2v) is 13.9. The van der Waals surface area contributed by atoms with E-state index in [4.69, 9.17) is 11.5 Å². The predicted octanol–water partition coefficient (Wildman–Crippen LogP) is 5.16. The van der Waals surface area contributed by atoms with Crippen LogP contribution < -0.4 is 31.1 Å². The van der Waals surface area contributed by atoms with E-state index >= 15 is 0 Å². The highest BCUT2D eigenvalue weighted by Crippen LogP contribution is 2.60. The number of hydrogen-bond acceptors (Lipinski definition) is 10. The molecule has 1 aliphatic carbocycles. The minimum absolute atomic E-state index is 0.0206. The molecule has 9 rings (SSSR count). The minimum Gasteiger partial charge on any atom is -0.507 e. The molecule has 2 aliphatic heterocycles. The van der Waals surface area contributed by atoms with E-state index < -0.39 is 24.0 Å². The van der Waals surface area contributed by atoms with Crippen LogP contribution in [-0.4, -0.2) is 74.2 Å². The number of aliphatic hydroxyl groups excluding tert-OH is 2. The van der Waals surface area contributed by atoms with E-state index in [2.05, 4.69) is 19.6 Å². The molecule has 0 radical (unpaired) electrons. The van der Waals surface area contributed by atoms with Crippen molar-refractivity contribution in [2.45, 2.75) is 24.0 Å². The maximum absolute atomic E-state index is 12.4. The lowest BCUT2D eigenvalue weighted by Gasteiger charge is -2.49. The van der Waals surface area contributed by atoms with Crippen molar-refractivity contribution in [3.05, 3.63) is 71.8 Å². The zero-order valence-electron chi connectivity index (χ0n) is 27.2. The highest BCUT2D eigenvalue weighted by atomic mass is 16.3. The Kier molecular flexibility index (Phi) is 5.78. The van der Waals surface area contributed by atoms with Gasteiger partial charge in [-0.25, -0.2) is 0 Å². The van der Waals surface area contributed by atoms with Gasteiger partial charge in [-0.2, -0.15) is 0 Å². The molecule has 0 aromatic heterocycles. The number of fused-ring (bicyclic) bond motifs is 4. The zero-order valence-corrected chi connectivity index (χ0v) is 27.2. The number of nitrogen functional groups attached to an aromatic ring is 2. The summed E-state index contributed by atoms with van der Waals surface area (Å²) in [5.74, 6) is -1.55. The molecule has 0 bridgehead atoms. The van der Waals surface area contributed by atoms with Gasteiger partial charge in [-0.05, 0) is 47.5 Å². The number of aliphatic hydroxyl groups is 2. The number of rotatable bonds is 2. The second-order valence-electron chi connectivity index (χ2n) is 13.9. The summed E-state index contributed by atoms with van der Waals surface area (Å²) in [6.45, 7) is 1.28. The van der Waals surface area contributed by atoms with Crippen molar-refractivity contribution >= 4 is 77.2 Å². The number of anilines is 6. The molecule has 0 saturated heterocycles. The molecule has 0 spiro atoms. The van der Waals surface area contributed by atoms with Gasteiger partial charge in [0.25, 0.3) is 0 Å². The molecular formula is C38H38N6O4. The summed E-state index contributed by atoms with van der Waals surface area (Å²) >= 11 is 0. The highest BCUT2D eigenvalue weighted by molar-refractivity contribution is 6.25. The van der Waals surface area contributed by atoms with E-state index in [0.717, 1.165) is 55.1 Å². The SMILES string of the molecule is CN1CN(C)c2c3cccc(N)c3c(C3C(O)C(c4c5c(O)cccc5c5c6c(ccc(O)c46)N(C)CN5C)C3O)c3c(N)ccc1c23. The van der Waals surface area contributed by atoms with Gasteiger partial charge in [0, 0.05) is 106 Å². The molecule has 8 N–H and O–H groups in total. The fraction of sp³-hybridized carbons (Fsp3) is 0.263. The molecule has 3 aliphatic rings. The molecule has 10 nitrogen and oxygen atoms in total. The fourth-order valence-corrected chi connectivity index (χ4v) is 9.25. The Morgan fingerprint density at radius 1 is 0.521 bits per heavy atom.